The molecule has 14 heavy (non-hydrogen) atoms. The van der Waals surface area contributed by atoms with E-state index in [1.807, 2.05) is 35.7 Å². The summed E-state index contributed by atoms with van der Waals surface area (Å²) in [6.07, 6.45) is 1.77. The Labute approximate surface area is 97.1 Å². The summed E-state index contributed by atoms with van der Waals surface area (Å²) in [4.78, 5) is 4.97. The van der Waals surface area contributed by atoms with Crippen LogP contribution in [0, 0.1) is 0 Å². The summed E-state index contributed by atoms with van der Waals surface area (Å²) in [5.74, 6) is 0. The summed E-state index contributed by atoms with van der Waals surface area (Å²) >= 11 is 8.74. The molecule has 0 bridgehead atoms. The molecular formula is C10H10ClNS2. The minimum Gasteiger partial charge on any atom is -0.253 e. The van der Waals surface area contributed by atoms with Crippen LogP contribution < -0.4 is 0 Å². The predicted molar refractivity (Wildman–Crippen MR) is 65.1 cm³/mol. The van der Waals surface area contributed by atoms with Gasteiger partial charge in [-0.3, -0.25) is 4.98 Å². The second kappa shape index (κ2) is 7.85. The van der Waals surface area contributed by atoms with Crippen LogP contribution >= 0.6 is 34.7 Å². The van der Waals surface area contributed by atoms with Crippen molar-refractivity contribution < 1.29 is 0 Å². The topological polar surface area (TPSA) is 12.9 Å². The first-order chi connectivity index (χ1) is 6.93. The highest BCUT2D eigenvalue weighted by Gasteiger charge is 1.86. The summed E-state index contributed by atoms with van der Waals surface area (Å²) < 4.78 is 0. The average Bonchev–Trinajstić information content (AvgIpc) is 2.78. The Bertz CT molecular complexity index is 293. The molecule has 1 heterocycles. The van der Waals surface area contributed by atoms with Crippen LogP contribution in [0.5, 0.6) is 0 Å². The van der Waals surface area contributed by atoms with Crippen LogP contribution in [-0.2, 0) is 0 Å². The second-order valence-corrected chi connectivity index (χ2v) is 4.63. The summed E-state index contributed by atoms with van der Waals surface area (Å²) in [6.45, 7) is 0. The molecule has 0 saturated heterocycles. The minimum absolute atomic E-state index is 0.629. The molecular weight excluding hydrogens is 234 g/mol. The van der Waals surface area contributed by atoms with E-state index < -0.39 is 0 Å². The molecule has 4 heteroatoms. The van der Waals surface area contributed by atoms with Crippen molar-refractivity contribution in [3.63, 3.8) is 0 Å². The van der Waals surface area contributed by atoms with Gasteiger partial charge >= 0.3 is 0 Å². The predicted octanol–water partition coefficient (Wildman–Crippen LogP) is 4.12. The molecule has 0 aliphatic carbocycles. The lowest BCUT2D eigenvalue weighted by Crippen LogP contribution is -1.66. The number of halogens is 1. The van der Waals surface area contributed by atoms with E-state index in [1.165, 1.54) is 4.90 Å². The highest BCUT2D eigenvalue weighted by molar-refractivity contribution is 8.00. The first-order valence-corrected chi connectivity index (χ1v) is 6.45. The Kier molecular flexibility index (Phi) is 6.49. The van der Waals surface area contributed by atoms with E-state index in [-0.39, 0.29) is 0 Å². The molecule has 0 atom stereocenters. The van der Waals surface area contributed by atoms with Crippen LogP contribution in [0.3, 0.4) is 0 Å². The van der Waals surface area contributed by atoms with Crippen molar-refractivity contribution in [2.24, 2.45) is 0 Å². The number of nitrogens with zero attached hydrogens (tertiary/aromatic N) is 1. The number of thiazole rings is 1. The molecule has 0 fully saturated rings. The van der Waals surface area contributed by atoms with Gasteiger partial charge in [-0.25, -0.2) is 0 Å². The first-order valence-electron chi connectivity index (χ1n) is 3.99. The zero-order chi connectivity index (χ0) is 10.1. The molecule has 0 aliphatic heterocycles. The zero-order valence-corrected chi connectivity index (χ0v) is 9.86. The minimum atomic E-state index is 0.629. The lowest BCUT2D eigenvalue weighted by Gasteiger charge is -1.92. The van der Waals surface area contributed by atoms with Crippen LogP contribution in [0.1, 0.15) is 0 Å². The van der Waals surface area contributed by atoms with Gasteiger partial charge in [0.05, 0.1) is 10.7 Å². The van der Waals surface area contributed by atoms with Crippen molar-refractivity contribution in [1.82, 2.24) is 4.98 Å². The molecule has 2 rings (SSSR count). The fraction of sp³-hybridized carbons (Fsp3) is 0.100. The number of hydrogen-bond acceptors (Lipinski definition) is 3. The molecule has 1 nitrogen and oxygen atoms in total. The molecule has 0 amide bonds. The van der Waals surface area contributed by atoms with Crippen LogP contribution in [0.2, 0.25) is 0 Å². The normalized spacial score (nSPS) is 8.93. The largest absolute Gasteiger partial charge is 0.253 e. The second-order valence-electron chi connectivity index (χ2n) is 2.24. The highest BCUT2D eigenvalue weighted by Crippen LogP contribution is 2.17. The van der Waals surface area contributed by atoms with Gasteiger partial charge in [-0.1, -0.05) is 18.2 Å². The lowest BCUT2D eigenvalue weighted by molar-refractivity contribution is 1.43. The molecule has 0 unspecified atom stereocenters. The molecule has 0 aliphatic rings. The Morgan fingerprint density at radius 1 is 1.29 bits per heavy atom. The number of thioether (sulfide) groups is 1. The van der Waals surface area contributed by atoms with Gasteiger partial charge in [-0.15, -0.1) is 34.7 Å². The smallest absolute Gasteiger partial charge is 0.0791 e. The number of hydrogen-bond donors (Lipinski definition) is 0. The van der Waals surface area contributed by atoms with Crippen molar-refractivity contribution in [2.75, 3.05) is 5.21 Å². The molecule has 1 aromatic carbocycles. The summed E-state index contributed by atoms with van der Waals surface area (Å²) in [7, 11) is 0. The molecule has 0 saturated carbocycles. The highest BCUT2D eigenvalue weighted by atomic mass is 35.5. The molecule has 0 spiro atoms. The van der Waals surface area contributed by atoms with Gasteiger partial charge in [0, 0.05) is 16.5 Å². The van der Waals surface area contributed by atoms with Gasteiger partial charge in [0.15, 0.2) is 0 Å². The van der Waals surface area contributed by atoms with Crippen LogP contribution in [0.15, 0.2) is 52.3 Å². The van der Waals surface area contributed by atoms with Crippen LogP contribution in [-0.4, -0.2) is 10.2 Å². The molecule has 2 aromatic rings. The standard InChI is InChI=1S/C7H7ClS.C3H3NS/c8-6-9-7-4-2-1-3-5-7;1-2-5-3-4-1/h1-5H,6H2;1-3H. The Balaban J connectivity index is 0.000000165. The quantitative estimate of drug-likeness (QED) is 0.581. The Morgan fingerprint density at radius 3 is 2.50 bits per heavy atom. The maximum atomic E-state index is 5.50. The molecule has 1 aromatic heterocycles. The van der Waals surface area contributed by atoms with Crippen molar-refractivity contribution in [1.29, 1.82) is 0 Å². The van der Waals surface area contributed by atoms with E-state index in [0.717, 1.165) is 0 Å². The third-order valence-electron chi connectivity index (χ3n) is 1.31. The fourth-order valence-corrected chi connectivity index (χ4v) is 1.96. The van der Waals surface area contributed by atoms with Crippen molar-refractivity contribution >= 4 is 34.7 Å². The van der Waals surface area contributed by atoms with E-state index in [1.54, 1.807) is 34.8 Å². The van der Waals surface area contributed by atoms with Crippen LogP contribution in [0.4, 0.5) is 0 Å². The van der Waals surface area contributed by atoms with E-state index in [9.17, 15) is 0 Å². The van der Waals surface area contributed by atoms with E-state index >= 15 is 0 Å². The lowest BCUT2D eigenvalue weighted by atomic mass is 10.4. The maximum Gasteiger partial charge on any atom is 0.0791 e. The Morgan fingerprint density at radius 2 is 2.07 bits per heavy atom. The number of alkyl halides is 1. The summed E-state index contributed by atoms with van der Waals surface area (Å²) in [6, 6.07) is 10.1. The van der Waals surface area contributed by atoms with Gasteiger partial charge in [0.2, 0.25) is 0 Å². The van der Waals surface area contributed by atoms with Gasteiger partial charge < -0.3 is 0 Å². The van der Waals surface area contributed by atoms with Crippen molar-refractivity contribution in [3.05, 3.63) is 47.4 Å². The maximum absolute atomic E-state index is 5.50. The SMILES string of the molecule is ClCSc1ccccc1.c1cscn1. The molecule has 0 N–H and O–H groups in total. The number of rotatable bonds is 2. The van der Waals surface area contributed by atoms with E-state index in [0.29, 0.717) is 5.21 Å². The van der Waals surface area contributed by atoms with Gasteiger partial charge in [0.1, 0.15) is 0 Å². The summed E-state index contributed by atoms with van der Waals surface area (Å²) in [5, 5.41) is 2.56. The fourth-order valence-electron chi connectivity index (χ4n) is 0.755. The van der Waals surface area contributed by atoms with Gasteiger partial charge in [0.25, 0.3) is 0 Å². The van der Waals surface area contributed by atoms with Gasteiger partial charge in [-0.2, -0.15) is 0 Å². The Hall–Kier alpha value is -0.510. The van der Waals surface area contributed by atoms with Crippen molar-refractivity contribution in [2.45, 2.75) is 4.90 Å². The third kappa shape index (κ3) is 5.27. The first kappa shape index (κ1) is 11.6. The van der Waals surface area contributed by atoms with E-state index in [4.69, 9.17) is 11.6 Å². The molecule has 0 radical (unpaired) electrons. The zero-order valence-electron chi connectivity index (χ0n) is 7.47. The van der Waals surface area contributed by atoms with Gasteiger partial charge in [-0.05, 0) is 12.1 Å². The van der Waals surface area contributed by atoms with Crippen molar-refractivity contribution in [3.8, 4) is 0 Å². The monoisotopic (exact) mass is 243 g/mol. The molecule has 74 valence electrons. The summed E-state index contributed by atoms with van der Waals surface area (Å²) in [5.41, 5.74) is 1.79. The van der Waals surface area contributed by atoms with E-state index in [2.05, 4.69) is 4.98 Å². The number of benzene rings is 1. The average molecular weight is 244 g/mol. The third-order valence-corrected chi connectivity index (χ3v) is 2.88. The number of aromatic nitrogens is 1. The van der Waals surface area contributed by atoms with Crippen LogP contribution in [0.25, 0.3) is 0 Å².